The molecule has 4 aromatic rings. The lowest BCUT2D eigenvalue weighted by atomic mass is 9.95. The van der Waals surface area contributed by atoms with Crippen molar-refractivity contribution in [3.63, 3.8) is 0 Å². The van der Waals surface area contributed by atoms with Gasteiger partial charge in [0, 0.05) is 18.9 Å². The van der Waals surface area contributed by atoms with Crippen molar-refractivity contribution in [1.82, 2.24) is 9.55 Å². The topological polar surface area (TPSA) is 55.1 Å². The predicted octanol–water partition coefficient (Wildman–Crippen LogP) is 5.77. The number of imidazole rings is 1. The van der Waals surface area contributed by atoms with Crippen molar-refractivity contribution in [2.75, 3.05) is 0 Å². The molecule has 0 aliphatic rings. The number of halogens is 2. The molecule has 0 atom stereocenters. The molecule has 3 aromatic carbocycles. The first-order valence-electron chi connectivity index (χ1n) is 9.55. The first kappa shape index (κ1) is 20.2. The molecule has 31 heavy (non-hydrogen) atoms. The summed E-state index contributed by atoms with van der Waals surface area (Å²) in [6.07, 6.45) is 7.12. The molecule has 154 valence electrons. The van der Waals surface area contributed by atoms with Gasteiger partial charge in [-0.1, -0.05) is 30.3 Å². The van der Waals surface area contributed by atoms with Crippen molar-refractivity contribution in [2.45, 2.75) is 6.54 Å². The normalized spacial score (nSPS) is 11.5. The van der Waals surface area contributed by atoms with Gasteiger partial charge >= 0.3 is 5.97 Å². The van der Waals surface area contributed by atoms with Gasteiger partial charge in [-0.3, -0.25) is 0 Å². The Hall–Kier alpha value is -4.06. The van der Waals surface area contributed by atoms with Gasteiger partial charge < -0.3 is 9.67 Å². The van der Waals surface area contributed by atoms with Crippen molar-refractivity contribution < 1.29 is 18.7 Å². The van der Waals surface area contributed by atoms with Crippen molar-refractivity contribution >= 4 is 17.6 Å². The summed E-state index contributed by atoms with van der Waals surface area (Å²) in [5.74, 6) is -1.78. The highest BCUT2D eigenvalue weighted by Gasteiger charge is 2.13. The van der Waals surface area contributed by atoms with Gasteiger partial charge in [0.15, 0.2) is 0 Å². The van der Waals surface area contributed by atoms with Crippen LogP contribution < -0.4 is 0 Å². The van der Waals surface area contributed by atoms with Crippen molar-refractivity contribution in [2.24, 2.45) is 0 Å². The van der Waals surface area contributed by atoms with Crippen LogP contribution in [0.15, 0.2) is 85.5 Å². The Bertz CT molecular complexity index is 1230. The first-order chi connectivity index (χ1) is 15.0. The van der Waals surface area contributed by atoms with E-state index in [9.17, 15) is 18.7 Å². The van der Waals surface area contributed by atoms with Crippen LogP contribution in [0.3, 0.4) is 0 Å². The van der Waals surface area contributed by atoms with Crippen molar-refractivity contribution in [3.05, 3.63) is 114 Å². The SMILES string of the molecule is O=C(O)c1ccc(/C=C(/Cn2ccnc2)c2ccc(F)cc2)cc1-c1ccc(F)cc1. The molecule has 0 unspecified atom stereocenters. The average molecular weight is 416 g/mol. The quantitative estimate of drug-likeness (QED) is 0.406. The number of nitrogens with zero attached hydrogens (tertiary/aromatic N) is 2. The van der Waals surface area contributed by atoms with Crippen LogP contribution >= 0.6 is 0 Å². The minimum atomic E-state index is -1.06. The first-order valence-corrected chi connectivity index (χ1v) is 9.55. The molecule has 4 nitrogen and oxygen atoms in total. The van der Waals surface area contributed by atoms with Crippen molar-refractivity contribution in [3.8, 4) is 11.1 Å². The smallest absolute Gasteiger partial charge is 0.336 e. The Balaban J connectivity index is 1.81. The van der Waals surface area contributed by atoms with Gasteiger partial charge in [-0.2, -0.15) is 0 Å². The summed E-state index contributed by atoms with van der Waals surface area (Å²) >= 11 is 0. The Morgan fingerprint density at radius 3 is 2.26 bits per heavy atom. The van der Waals surface area contributed by atoms with Gasteiger partial charge in [-0.15, -0.1) is 0 Å². The van der Waals surface area contributed by atoms with Crippen molar-refractivity contribution in [1.29, 1.82) is 0 Å². The maximum absolute atomic E-state index is 13.4. The third-order valence-corrected chi connectivity index (χ3v) is 4.90. The van der Waals surface area contributed by atoms with Gasteiger partial charge in [-0.05, 0) is 70.3 Å². The zero-order valence-corrected chi connectivity index (χ0v) is 16.4. The molecule has 0 saturated heterocycles. The van der Waals surface area contributed by atoms with Crippen LogP contribution in [0, 0.1) is 11.6 Å². The third kappa shape index (κ3) is 4.75. The predicted molar refractivity (Wildman–Crippen MR) is 115 cm³/mol. The second-order valence-electron chi connectivity index (χ2n) is 7.03. The molecule has 0 fully saturated rings. The molecule has 1 heterocycles. The molecule has 0 aliphatic carbocycles. The largest absolute Gasteiger partial charge is 0.478 e. The maximum Gasteiger partial charge on any atom is 0.336 e. The fraction of sp³-hybridized carbons (Fsp3) is 0.0400. The van der Waals surface area contributed by atoms with E-state index in [4.69, 9.17) is 0 Å². The molecule has 0 radical (unpaired) electrons. The Morgan fingerprint density at radius 2 is 1.65 bits per heavy atom. The number of hydrogen-bond acceptors (Lipinski definition) is 2. The van der Waals surface area contributed by atoms with Gasteiger partial charge in [0.2, 0.25) is 0 Å². The fourth-order valence-corrected chi connectivity index (χ4v) is 3.37. The zero-order valence-electron chi connectivity index (χ0n) is 16.4. The fourth-order valence-electron chi connectivity index (χ4n) is 3.37. The highest BCUT2D eigenvalue weighted by molar-refractivity contribution is 5.97. The van der Waals surface area contributed by atoms with E-state index in [1.807, 2.05) is 16.8 Å². The van der Waals surface area contributed by atoms with Crippen LogP contribution in [-0.4, -0.2) is 20.6 Å². The highest BCUT2D eigenvalue weighted by Crippen LogP contribution is 2.28. The number of carboxylic acid groups (broad SMARTS) is 1. The number of rotatable bonds is 6. The molecule has 0 spiro atoms. The van der Waals surface area contributed by atoms with E-state index in [0.717, 1.165) is 16.7 Å². The number of aromatic carboxylic acids is 1. The monoisotopic (exact) mass is 416 g/mol. The number of allylic oxidation sites excluding steroid dienone is 1. The van der Waals surface area contributed by atoms with Crippen LogP contribution in [0.5, 0.6) is 0 Å². The van der Waals surface area contributed by atoms with Crippen LogP contribution in [0.1, 0.15) is 21.5 Å². The van der Waals surface area contributed by atoms with Crippen LogP contribution in [0.2, 0.25) is 0 Å². The Kier molecular flexibility index (Phi) is 5.71. The van der Waals surface area contributed by atoms with E-state index < -0.39 is 11.8 Å². The van der Waals surface area contributed by atoms with Gasteiger partial charge in [0.1, 0.15) is 11.6 Å². The Labute approximate surface area is 177 Å². The van der Waals surface area contributed by atoms with E-state index in [1.165, 1.54) is 30.3 Å². The van der Waals surface area contributed by atoms with E-state index in [-0.39, 0.29) is 11.4 Å². The lowest BCUT2D eigenvalue weighted by molar-refractivity contribution is 0.0697. The lowest BCUT2D eigenvalue weighted by Crippen LogP contribution is -2.01. The molecule has 0 bridgehead atoms. The van der Waals surface area contributed by atoms with Crippen LogP contribution in [-0.2, 0) is 6.54 Å². The Morgan fingerprint density at radius 1 is 0.968 bits per heavy atom. The van der Waals surface area contributed by atoms with Gasteiger partial charge in [0.05, 0.1) is 11.9 Å². The summed E-state index contributed by atoms with van der Waals surface area (Å²) in [4.78, 5) is 15.8. The van der Waals surface area contributed by atoms with E-state index in [1.54, 1.807) is 48.9 Å². The number of carboxylic acids is 1. The molecule has 1 N–H and O–H groups in total. The number of hydrogen-bond donors (Lipinski definition) is 1. The summed E-state index contributed by atoms with van der Waals surface area (Å²) in [7, 11) is 0. The minimum Gasteiger partial charge on any atom is -0.478 e. The molecular formula is C25H18F2N2O2. The zero-order chi connectivity index (χ0) is 21.8. The van der Waals surface area contributed by atoms with Crippen LogP contribution in [0.25, 0.3) is 22.8 Å². The summed E-state index contributed by atoms with van der Waals surface area (Å²) in [6, 6.07) is 16.9. The summed E-state index contributed by atoms with van der Waals surface area (Å²) < 4.78 is 28.7. The second kappa shape index (κ2) is 8.75. The highest BCUT2D eigenvalue weighted by atomic mass is 19.1. The molecular weight excluding hydrogens is 398 g/mol. The maximum atomic E-state index is 13.4. The second-order valence-corrected chi connectivity index (χ2v) is 7.03. The average Bonchev–Trinajstić information content (AvgIpc) is 3.27. The number of aromatic nitrogens is 2. The third-order valence-electron chi connectivity index (χ3n) is 4.90. The summed E-state index contributed by atoms with van der Waals surface area (Å²) in [5.41, 5.74) is 3.71. The van der Waals surface area contributed by atoms with E-state index in [2.05, 4.69) is 4.98 Å². The van der Waals surface area contributed by atoms with Gasteiger partial charge in [-0.25, -0.2) is 18.6 Å². The number of benzene rings is 3. The minimum absolute atomic E-state index is 0.127. The number of carbonyl (C=O) groups is 1. The van der Waals surface area contributed by atoms with Crippen LogP contribution in [0.4, 0.5) is 8.78 Å². The molecule has 0 aliphatic heterocycles. The molecule has 6 heteroatoms. The van der Waals surface area contributed by atoms with E-state index >= 15 is 0 Å². The molecule has 0 saturated carbocycles. The lowest BCUT2D eigenvalue weighted by Gasteiger charge is -2.12. The molecule has 4 rings (SSSR count). The molecule has 1 aromatic heterocycles. The standard InChI is InChI=1S/C25H18F2N2O2/c26-21-6-2-18(3-7-21)20(15-29-12-11-28-16-29)13-17-1-10-23(25(30)31)24(14-17)19-4-8-22(27)9-5-19/h1-14,16H,15H2,(H,30,31)/b20-13-. The van der Waals surface area contributed by atoms with Gasteiger partial charge in [0.25, 0.3) is 0 Å². The summed E-state index contributed by atoms with van der Waals surface area (Å²) in [6.45, 7) is 0.498. The molecule has 0 amide bonds. The summed E-state index contributed by atoms with van der Waals surface area (Å²) in [5, 5.41) is 9.59. The van der Waals surface area contributed by atoms with E-state index in [0.29, 0.717) is 17.7 Å².